The van der Waals surface area contributed by atoms with Crippen LogP contribution in [0.2, 0.25) is 0 Å². The molecule has 0 aliphatic carbocycles. The predicted molar refractivity (Wildman–Crippen MR) is 104 cm³/mol. The summed E-state index contributed by atoms with van der Waals surface area (Å²) in [5.41, 5.74) is 7.90. The average Bonchev–Trinajstić information content (AvgIpc) is 2.73. The van der Waals surface area contributed by atoms with Gasteiger partial charge in [-0.25, -0.2) is 4.79 Å². The minimum absolute atomic E-state index is 0.0795. The first-order valence-electron chi connectivity index (χ1n) is 8.79. The Hall–Kier alpha value is -3.72. The fourth-order valence-electron chi connectivity index (χ4n) is 3.14. The number of esters is 1. The standard InChI is InChI=1S/C22H20N2O4/c1-3-27-22(25)19-18(14-8-5-4-6-9-14)17(13-23)20(28-21(19)24)15-10-7-11-16(12-15)26-2/h4-12,18H,3,24H2,1-2H3. The third-order valence-electron chi connectivity index (χ3n) is 4.38. The molecular weight excluding hydrogens is 356 g/mol. The van der Waals surface area contributed by atoms with Gasteiger partial charge in [-0.15, -0.1) is 0 Å². The number of nitrogens with two attached hydrogens (primary N) is 1. The molecule has 0 saturated heterocycles. The van der Waals surface area contributed by atoms with E-state index in [1.165, 1.54) is 0 Å². The summed E-state index contributed by atoms with van der Waals surface area (Å²) >= 11 is 0. The second-order valence-electron chi connectivity index (χ2n) is 6.03. The van der Waals surface area contributed by atoms with Gasteiger partial charge in [0.2, 0.25) is 5.88 Å². The zero-order valence-electron chi connectivity index (χ0n) is 15.6. The van der Waals surface area contributed by atoms with E-state index >= 15 is 0 Å². The van der Waals surface area contributed by atoms with E-state index in [4.69, 9.17) is 19.9 Å². The Labute approximate surface area is 163 Å². The number of benzene rings is 2. The van der Waals surface area contributed by atoms with Gasteiger partial charge in [-0.05, 0) is 24.6 Å². The van der Waals surface area contributed by atoms with Gasteiger partial charge in [0.25, 0.3) is 0 Å². The number of hydrogen-bond donors (Lipinski definition) is 1. The van der Waals surface area contributed by atoms with Crippen LogP contribution in [0, 0.1) is 11.3 Å². The monoisotopic (exact) mass is 376 g/mol. The van der Waals surface area contributed by atoms with Gasteiger partial charge in [0.1, 0.15) is 11.3 Å². The molecule has 6 heteroatoms. The van der Waals surface area contributed by atoms with E-state index in [-0.39, 0.29) is 23.6 Å². The minimum atomic E-state index is -0.694. The lowest BCUT2D eigenvalue weighted by atomic mass is 9.82. The summed E-state index contributed by atoms with van der Waals surface area (Å²) in [4.78, 5) is 12.6. The molecule has 142 valence electrons. The number of allylic oxidation sites excluding steroid dienone is 1. The van der Waals surface area contributed by atoms with Crippen LogP contribution in [0.5, 0.6) is 5.75 Å². The molecule has 0 radical (unpaired) electrons. The molecule has 1 unspecified atom stereocenters. The van der Waals surface area contributed by atoms with Crippen molar-refractivity contribution in [2.45, 2.75) is 12.8 Å². The summed E-state index contributed by atoms with van der Waals surface area (Å²) in [5.74, 6) is -0.475. The fourth-order valence-corrected chi connectivity index (χ4v) is 3.14. The number of carbonyl (C=O) groups is 1. The van der Waals surface area contributed by atoms with Crippen molar-refractivity contribution in [3.63, 3.8) is 0 Å². The Morgan fingerprint density at radius 2 is 1.96 bits per heavy atom. The van der Waals surface area contributed by atoms with Crippen LogP contribution in [0.4, 0.5) is 0 Å². The van der Waals surface area contributed by atoms with Crippen LogP contribution in [0.3, 0.4) is 0 Å². The maximum atomic E-state index is 12.6. The van der Waals surface area contributed by atoms with E-state index < -0.39 is 11.9 Å². The number of nitriles is 1. The maximum absolute atomic E-state index is 12.6. The molecule has 1 aliphatic heterocycles. The van der Waals surface area contributed by atoms with Crippen molar-refractivity contribution in [3.05, 3.63) is 82.8 Å². The number of rotatable bonds is 5. The molecule has 6 nitrogen and oxygen atoms in total. The summed E-state index contributed by atoms with van der Waals surface area (Å²) in [6, 6.07) is 18.5. The van der Waals surface area contributed by atoms with Gasteiger partial charge in [0.05, 0.1) is 31.3 Å². The molecule has 0 amide bonds. The Kier molecular flexibility index (Phi) is 5.66. The normalized spacial score (nSPS) is 16.2. The van der Waals surface area contributed by atoms with Crippen molar-refractivity contribution in [2.24, 2.45) is 5.73 Å². The Balaban J connectivity index is 2.21. The molecule has 2 N–H and O–H groups in total. The minimum Gasteiger partial charge on any atom is -0.497 e. The molecule has 1 heterocycles. The van der Waals surface area contributed by atoms with E-state index in [1.54, 1.807) is 38.3 Å². The van der Waals surface area contributed by atoms with Gasteiger partial charge >= 0.3 is 5.97 Å². The Bertz CT molecular complexity index is 987. The van der Waals surface area contributed by atoms with Crippen molar-refractivity contribution in [1.29, 1.82) is 5.26 Å². The van der Waals surface area contributed by atoms with Crippen molar-refractivity contribution >= 4 is 11.7 Å². The predicted octanol–water partition coefficient (Wildman–Crippen LogP) is 3.48. The van der Waals surface area contributed by atoms with E-state index in [0.717, 1.165) is 5.56 Å². The highest BCUT2D eigenvalue weighted by Crippen LogP contribution is 2.42. The van der Waals surface area contributed by atoms with Gasteiger partial charge in [0, 0.05) is 5.56 Å². The van der Waals surface area contributed by atoms with Gasteiger partial charge in [0.15, 0.2) is 5.76 Å². The SMILES string of the molecule is CCOC(=O)C1=C(N)OC(c2cccc(OC)c2)=C(C#N)C1c1ccccc1. The van der Waals surface area contributed by atoms with E-state index in [2.05, 4.69) is 6.07 Å². The second-order valence-corrected chi connectivity index (χ2v) is 6.03. The molecule has 1 atom stereocenters. The number of methoxy groups -OCH3 is 1. The van der Waals surface area contributed by atoms with Crippen molar-refractivity contribution in [3.8, 4) is 11.8 Å². The second kappa shape index (κ2) is 8.31. The summed E-state index contributed by atoms with van der Waals surface area (Å²) in [5, 5.41) is 9.96. The van der Waals surface area contributed by atoms with E-state index in [0.29, 0.717) is 17.1 Å². The third-order valence-corrected chi connectivity index (χ3v) is 4.38. The van der Waals surface area contributed by atoms with Crippen LogP contribution in [-0.2, 0) is 14.3 Å². The highest BCUT2D eigenvalue weighted by molar-refractivity contribution is 5.94. The zero-order chi connectivity index (χ0) is 20.1. The molecular formula is C22H20N2O4. The topological polar surface area (TPSA) is 94.6 Å². The molecule has 0 fully saturated rings. The number of hydrogen-bond acceptors (Lipinski definition) is 6. The molecule has 0 saturated carbocycles. The van der Waals surface area contributed by atoms with Gasteiger partial charge in [-0.1, -0.05) is 42.5 Å². The van der Waals surface area contributed by atoms with E-state index in [9.17, 15) is 10.1 Å². The van der Waals surface area contributed by atoms with Crippen LogP contribution in [-0.4, -0.2) is 19.7 Å². The van der Waals surface area contributed by atoms with E-state index in [1.807, 2.05) is 30.3 Å². The summed E-state index contributed by atoms with van der Waals surface area (Å²) in [6.07, 6.45) is 0. The molecule has 3 rings (SSSR count). The van der Waals surface area contributed by atoms with Crippen LogP contribution in [0.15, 0.2) is 71.6 Å². The zero-order valence-corrected chi connectivity index (χ0v) is 15.6. The van der Waals surface area contributed by atoms with Gasteiger partial charge in [-0.2, -0.15) is 5.26 Å². The first-order valence-corrected chi connectivity index (χ1v) is 8.79. The van der Waals surface area contributed by atoms with Crippen LogP contribution in [0.1, 0.15) is 24.0 Å². The molecule has 2 aromatic rings. The van der Waals surface area contributed by atoms with Crippen molar-refractivity contribution in [2.75, 3.05) is 13.7 Å². The molecule has 28 heavy (non-hydrogen) atoms. The molecule has 2 aromatic carbocycles. The third kappa shape index (κ3) is 3.55. The highest BCUT2D eigenvalue weighted by Gasteiger charge is 2.38. The smallest absolute Gasteiger partial charge is 0.340 e. The lowest BCUT2D eigenvalue weighted by molar-refractivity contribution is -0.139. The molecule has 0 bridgehead atoms. The highest BCUT2D eigenvalue weighted by atomic mass is 16.5. The largest absolute Gasteiger partial charge is 0.497 e. The lowest BCUT2D eigenvalue weighted by Gasteiger charge is -2.28. The van der Waals surface area contributed by atoms with Crippen LogP contribution in [0.25, 0.3) is 5.76 Å². The summed E-state index contributed by atoms with van der Waals surface area (Å²) in [7, 11) is 1.56. The molecule has 1 aliphatic rings. The van der Waals surface area contributed by atoms with Crippen LogP contribution >= 0.6 is 0 Å². The fraction of sp³-hybridized carbons (Fsp3) is 0.182. The van der Waals surface area contributed by atoms with Crippen molar-refractivity contribution in [1.82, 2.24) is 0 Å². The molecule has 0 aromatic heterocycles. The Morgan fingerprint density at radius 1 is 1.21 bits per heavy atom. The Morgan fingerprint density at radius 3 is 2.61 bits per heavy atom. The average molecular weight is 376 g/mol. The number of ether oxygens (including phenoxy) is 3. The summed E-state index contributed by atoms with van der Waals surface area (Å²) in [6.45, 7) is 1.89. The number of nitrogens with zero attached hydrogens (tertiary/aromatic N) is 1. The van der Waals surface area contributed by atoms with Crippen LogP contribution < -0.4 is 10.5 Å². The maximum Gasteiger partial charge on any atom is 0.340 e. The van der Waals surface area contributed by atoms with Gasteiger partial charge in [-0.3, -0.25) is 0 Å². The quantitative estimate of drug-likeness (QED) is 0.803. The van der Waals surface area contributed by atoms with Crippen molar-refractivity contribution < 1.29 is 19.0 Å². The first kappa shape index (κ1) is 19.1. The first-order chi connectivity index (χ1) is 13.6. The number of carbonyl (C=O) groups excluding carboxylic acids is 1. The summed E-state index contributed by atoms with van der Waals surface area (Å²) < 4.78 is 16.2. The molecule has 0 spiro atoms. The van der Waals surface area contributed by atoms with Gasteiger partial charge < -0.3 is 19.9 Å². The lowest BCUT2D eigenvalue weighted by Crippen LogP contribution is -2.26.